The van der Waals surface area contributed by atoms with Crippen LogP contribution in [0.15, 0.2) is 0 Å². The van der Waals surface area contributed by atoms with Gasteiger partial charge in [0, 0.05) is 25.6 Å². The first kappa shape index (κ1) is 13.8. The Morgan fingerprint density at radius 1 is 1.47 bits per heavy atom. The summed E-state index contributed by atoms with van der Waals surface area (Å²) >= 11 is 0. The molecule has 0 aliphatic carbocycles. The van der Waals surface area contributed by atoms with Crippen molar-refractivity contribution < 1.29 is 19.4 Å². The number of amides is 2. The number of aliphatic carboxylic acids is 1. The Morgan fingerprint density at radius 2 is 2.24 bits per heavy atom. The molecule has 1 saturated heterocycles. The van der Waals surface area contributed by atoms with Crippen LogP contribution in [0.2, 0.25) is 0 Å². The van der Waals surface area contributed by atoms with Gasteiger partial charge in [0.05, 0.1) is 12.5 Å². The first-order valence-electron chi connectivity index (χ1n) is 5.92. The van der Waals surface area contributed by atoms with E-state index in [1.807, 2.05) is 0 Å². The zero-order valence-electron chi connectivity index (χ0n) is 10.1. The molecule has 1 fully saturated rings. The Labute approximate surface area is 101 Å². The van der Waals surface area contributed by atoms with Crippen LogP contribution >= 0.6 is 0 Å². The summed E-state index contributed by atoms with van der Waals surface area (Å²) in [5, 5.41) is 14.0. The highest BCUT2D eigenvalue weighted by Gasteiger charge is 2.16. The van der Waals surface area contributed by atoms with E-state index in [9.17, 15) is 9.59 Å². The third kappa shape index (κ3) is 5.53. The van der Waals surface area contributed by atoms with E-state index in [0.29, 0.717) is 32.0 Å². The second-order valence-electron chi connectivity index (χ2n) is 4.39. The minimum absolute atomic E-state index is 0.241. The van der Waals surface area contributed by atoms with Gasteiger partial charge in [-0.2, -0.15) is 0 Å². The Hall–Kier alpha value is -1.30. The number of rotatable bonds is 6. The Balaban J connectivity index is 2.02. The highest BCUT2D eigenvalue weighted by molar-refractivity contribution is 5.74. The van der Waals surface area contributed by atoms with Gasteiger partial charge in [-0.3, -0.25) is 4.79 Å². The number of carbonyl (C=O) groups excluding carboxylic acids is 1. The van der Waals surface area contributed by atoms with E-state index in [1.54, 1.807) is 6.92 Å². The minimum atomic E-state index is -0.838. The first-order valence-corrected chi connectivity index (χ1v) is 5.92. The molecular formula is C11H20N2O4. The fraction of sp³-hybridized carbons (Fsp3) is 0.818. The molecule has 0 saturated carbocycles. The molecule has 1 aliphatic heterocycles. The highest BCUT2D eigenvalue weighted by Crippen LogP contribution is 2.10. The van der Waals surface area contributed by atoms with E-state index < -0.39 is 11.9 Å². The maximum absolute atomic E-state index is 11.3. The van der Waals surface area contributed by atoms with E-state index in [2.05, 4.69) is 10.6 Å². The summed E-state index contributed by atoms with van der Waals surface area (Å²) in [7, 11) is 0. The van der Waals surface area contributed by atoms with Crippen molar-refractivity contribution in [2.24, 2.45) is 11.8 Å². The van der Waals surface area contributed by atoms with Crippen LogP contribution in [0.3, 0.4) is 0 Å². The van der Waals surface area contributed by atoms with Gasteiger partial charge in [0.15, 0.2) is 0 Å². The Bertz CT molecular complexity index is 264. The standard InChI is InChI=1S/C11H20N2O4/c1-8(10(14)15)2-4-12-11(16)13-6-9-3-5-17-7-9/h8-9H,2-7H2,1H3,(H,14,15)(H2,12,13,16). The molecule has 0 spiro atoms. The van der Waals surface area contributed by atoms with Gasteiger partial charge in [-0.1, -0.05) is 6.92 Å². The van der Waals surface area contributed by atoms with Gasteiger partial charge >= 0.3 is 12.0 Å². The summed E-state index contributed by atoms with van der Waals surface area (Å²) in [6.45, 7) is 4.08. The fourth-order valence-corrected chi connectivity index (χ4v) is 1.57. The van der Waals surface area contributed by atoms with Crippen LogP contribution in [0, 0.1) is 11.8 Å². The van der Waals surface area contributed by atoms with Crippen molar-refractivity contribution in [3.8, 4) is 0 Å². The van der Waals surface area contributed by atoms with Crippen molar-refractivity contribution in [2.45, 2.75) is 19.8 Å². The van der Waals surface area contributed by atoms with Gasteiger partial charge < -0.3 is 20.5 Å². The third-order valence-corrected chi connectivity index (χ3v) is 2.86. The summed E-state index contributed by atoms with van der Waals surface area (Å²) in [4.78, 5) is 21.9. The number of carboxylic acid groups (broad SMARTS) is 1. The number of urea groups is 1. The summed E-state index contributed by atoms with van der Waals surface area (Å²) in [6, 6.07) is -0.241. The molecule has 1 aliphatic rings. The Kier molecular flexibility index (Phi) is 5.76. The first-order chi connectivity index (χ1) is 8.09. The minimum Gasteiger partial charge on any atom is -0.481 e. The Morgan fingerprint density at radius 3 is 2.82 bits per heavy atom. The maximum atomic E-state index is 11.3. The quantitative estimate of drug-likeness (QED) is 0.632. The molecule has 6 heteroatoms. The largest absolute Gasteiger partial charge is 0.481 e. The SMILES string of the molecule is CC(CCNC(=O)NCC1CCOC1)C(=O)O. The van der Waals surface area contributed by atoms with Crippen LogP contribution in [0.25, 0.3) is 0 Å². The predicted molar refractivity (Wildman–Crippen MR) is 61.7 cm³/mol. The van der Waals surface area contributed by atoms with Crippen molar-refractivity contribution in [3.63, 3.8) is 0 Å². The molecule has 2 atom stereocenters. The average Bonchev–Trinajstić information content (AvgIpc) is 2.78. The van der Waals surface area contributed by atoms with Crippen molar-refractivity contribution in [3.05, 3.63) is 0 Å². The molecule has 0 aromatic carbocycles. The molecule has 0 aromatic rings. The molecule has 98 valence electrons. The molecule has 0 radical (unpaired) electrons. The number of ether oxygens (including phenoxy) is 1. The highest BCUT2D eigenvalue weighted by atomic mass is 16.5. The molecule has 0 bridgehead atoms. The lowest BCUT2D eigenvalue weighted by Gasteiger charge is -2.11. The molecule has 3 N–H and O–H groups in total. The van der Waals surface area contributed by atoms with Gasteiger partial charge in [-0.05, 0) is 12.8 Å². The number of hydrogen-bond donors (Lipinski definition) is 3. The van der Waals surface area contributed by atoms with Gasteiger partial charge in [0.25, 0.3) is 0 Å². The summed E-state index contributed by atoms with van der Waals surface area (Å²) in [5.41, 5.74) is 0. The van der Waals surface area contributed by atoms with E-state index >= 15 is 0 Å². The van der Waals surface area contributed by atoms with Gasteiger partial charge in [-0.25, -0.2) is 4.79 Å². The lowest BCUT2D eigenvalue weighted by molar-refractivity contribution is -0.141. The van der Waals surface area contributed by atoms with Crippen LogP contribution in [0.4, 0.5) is 4.79 Å². The summed E-state index contributed by atoms with van der Waals surface area (Å²) in [6.07, 6.45) is 1.42. The summed E-state index contributed by atoms with van der Waals surface area (Å²) in [5.74, 6) is -0.868. The molecule has 1 rings (SSSR count). The zero-order valence-corrected chi connectivity index (χ0v) is 10.1. The topological polar surface area (TPSA) is 87.7 Å². The fourth-order valence-electron chi connectivity index (χ4n) is 1.57. The number of carboxylic acids is 1. The molecule has 0 aromatic heterocycles. The van der Waals surface area contributed by atoms with Crippen LogP contribution < -0.4 is 10.6 Å². The van der Waals surface area contributed by atoms with Crippen molar-refractivity contribution in [1.82, 2.24) is 10.6 Å². The van der Waals surface area contributed by atoms with Gasteiger partial charge in [-0.15, -0.1) is 0 Å². The van der Waals surface area contributed by atoms with E-state index in [1.165, 1.54) is 0 Å². The number of hydrogen-bond acceptors (Lipinski definition) is 3. The predicted octanol–water partition coefficient (Wildman–Crippen LogP) is 0.433. The molecule has 2 unspecified atom stereocenters. The molecule has 2 amide bonds. The van der Waals surface area contributed by atoms with Crippen LogP contribution in [0.1, 0.15) is 19.8 Å². The van der Waals surface area contributed by atoms with Crippen LogP contribution in [-0.2, 0) is 9.53 Å². The van der Waals surface area contributed by atoms with Crippen molar-refractivity contribution in [1.29, 1.82) is 0 Å². The number of carbonyl (C=O) groups is 2. The zero-order chi connectivity index (χ0) is 12.7. The molecule has 17 heavy (non-hydrogen) atoms. The van der Waals surface area contributed by atoms with E-state index in [0.717, 1.165) is 13.0 Å². The van der Waals surface area contributed by atoms with Gasteiger partial charge in [0.1, 0.15) is 0 Å². The maximum Gasteiger partial charge on any atom is 0.314 e. The molecular weight excluding hydrogens is 224 g/mol. The normalized spacial score (nSPS) is 20.9. The average molecular weight is 244 g/mol. The number of nitrogens with one attached hydrogen (secondary N) is 2. The van der Waals surface area contributed by atoms with Crippen LogP contribution in [0.5, 0.6) is 0 Å². The van der Waals surface area contributed by atoms with Gasteiger partial charge in [0.2, 0.25) is 0 Å². The third-order valence-electron chi connectivity index (χ3n) is 2.86. The smallest absolute Gasteiger partial charge is 0.314 e. The summed E-state index contributed by atoms with van der Waals surface area (Å²) < 4.78 is 5.19. The van der Waals surface area contributed by atoms with Crippen molar-refractivity contribution in [2.75, 3.05) is 26.3 Å². The second-order valence-corrected chi connectivity index (χ2v) is 4.39. The monoisotopic (exact) mass is 244 g/mol. The molecule has 1 heterocycles. The second kappa shape index (κ2) is 7.11. The lowest BCUT2D eigenvalue weighted by atomic mass is 10.1. The lowest BCUT2D eigenvalue weighted by Crippen LogP contribution is -2.39. The van der Waals surface area contributed by atoms with Crippen LogP contribution in [-0.4, -0.2) is 43.4 Å². The van der Waals surface area contributed by atoms with E-state index in [4.69, 9.17) is 9.84 Å². The van der Waals surface area contributed by atoms with E-state index in [-0.39, 0.29) is 6.03 Å². The molecule has 6 nitrogen and oxygen atoms in total. The van der Waals surface area contributed by atoms with Crippen molar-refractivity contribution >= 4 is 12.0 Å².